The van der Waals surface area contributed by atoms with Gasteiger partial charge in [-0.25, -0.2) is 9.97 Å². The average Bonchev–Trinajstić information content (AvgIpc) is 3.52. The maximum Gasteiger partial charge on any atom is 0.139 e. The van der Waals surface area contributed by atoms with Crippen molar-refractivity contribution in [1.29, 1.82) is 0 Å². The molecular formula is C23H29N5S. The van der Waals surface area contributed by atoms with Crippen LogP contribution < -0.4 is 5.32 Å². The Bertz CT molecular complexity index is 974. The lowest BCUT2D eigenvalue weighted by molar-refractivity contribution is 0.123. The molecule has 1 aromatic carbocycles. The second-order valence-electron chi connectivity index (χ2n) is 8.47. The van der Waals surface area contributed by atoms with E-state index in [9.17, 15) is 0 Å². The summed E-state index contributed by atoms with van der Waals surface area (Å²) >= 11 is 1.74. The molecule has 5 rings (SSSR count). The van der Waals surface area contributed by atoms with Gasteiger partial charge in [-0.05, 0) is 32.4 Å². The highest BCUT2D eigenvalue weighted by Crippen LogP contribution is 2.42. The van der Waals surface area contributed by atoms with E-state index in [2.05, 4.69) is 64.8 Å². The highest BCUT2D eigenvalue weighted by molar-refractivity contribution is 7.17. The Morgan fingerprint density at radius 1 is 1.10 bits per heavy atom. The minimum absolute atomic E-state index is 0.483. The summed E-state index contributed by atoms with van der Waals surface area (Å²) in [5, 5.41) is 7.13. The van der Waals surface area contributed by atoms with Gasteiger partial charge in [-0.3, -0.25) is 4.90 Å². The summed E-state index contributed by atoms with van der Waals surface area (Å²) in [5.74, 6) is 2.59. The Labute approximate surface area is 176 Å². The number of fused-ring (bicyclic) bond motifs is 1. The van der Waals surface area contributed by atoms with Gasteiger partial charge in [0.15, 0.2) is 0 Å². The van der Waals surface area contributed by atoms with Crippen LogP contribution in [0.1, 0.15) is 31.5 Å². The number of anilines is 1. The van der Waals surface area contributed by atoms with Crippen LogP contribution in [-0.2, 0) is 0 Å². The number of hydrogen-bond donors (Lipinski definition) is 1. The van der Waals surface area contributed by atoms with Crippen molar-refractivity contribution in [2.45, 2.75) is 31.7 Å². The molecular weight excluding hydrogens is 378 g/mol. The number of benzene rings is 1. The molecule has 152 valence electrons. The lowest BCUT2D eigenvalue weighted by Gasteiger charge is -2.36. The highest BCUT2D eigenvalue weighted by Gasteiger charge is 2.29. The number of piperazine rings is 1. The van der Waals surface area contributed by atoms with E-state index in [1.165, 1.54) is 29.4 Å². The zero-order valence-corrected chi connectivity index (χ0v) is 18.1. The van der Waals surface area contributed by atoms with E-state index in [1.807, 2.05) is 0 Å². The molecule has 2 fully saturated rings. The summed E-state index contributed by atoms with van der Waals surface area (Å²) in [4.78, 5) is 16.0. The van der Waals surface area contributed by atoms with Crippen LogP contribution >= 0.6 is 11.3 Å². The summed E-state index contributed by atoms with van der Waals surface area (Å²) in [7, 11) is 2.21. The Hall–Kier alpha value is -2.02. The van der Waals surface area contributed by atoms with Crippen LogP contribution in [0.25, 0.3) is 21.3 Å². The van der Waals surface area contributed by atoms with Gasteiger partial charge < -0.3 is 10.2 Å². The molecule has 1 aliphatic heterocycles. The number of rotatable bonds is 6. The zero-order valence-electron chi connectivity index (χ0n) is 17.3. The number of nitrogens with zero attached hydrogens (tertiary/aromatic N) is 4. The molecule has 0 radical (unpaired) electrons. The third-order valence-electron chi connectivity index (χ3n) is 6.20. The molecule has 0 bridgehead atoms. The summed E-state index contributed by atoms with van der Waals surface area (Å²) in [6.45, 7) is 7.81. The second-order valence-corrected chi connectivity index (χ2v) is 9.33. The van der Waals surface area contributed by atoms with Gasteiger partial charge in [-0.1, -0.05) is 30.3 Å². The fourth-order valence-corrected chi connectivity index (χ4v) is 5.03. The van der Waals surface area contributed by atoms with Gasteiger partial charge in [0.25, 0.3) is 0 Å². The molecule has 3 heterocycles. The molecule has 29 heavy (non-hydrogen) atoms. The summed E-state index contributed by atoms with van der Waals surface area (Å²) in [6.07, 6.45) is 2.44. The first kappa shape index (κ1) is 19.0. The second kappa shape index (κ2) is 8.01. The zero-order chi connectivity index (χ0) is 19.8. The quantitative estimate of drug-likeness (QED) is 0.661. The third kappa shape index (κ3) is 4.02. The molecule has 0 spiro atoms. The largest absolute Gasteiger partial charge is 0.368 e. The van der Waals surface area contributed by atoms with E-state index in [1.54, 1.807) is 11.3 Å². The highest BCUT2D eigenvalue weighted by atomic mass is 32.1. The predicted molar refractivity (Wildman–Crippen MR) is 122 cm³/mol. The fourth-order valence-electron chi connectivity index (χ4n) is 4.08. The van der Waals surface area contributed by atoms with E-state index < -0.39 is 0 Å². The number of hydrogen-bond acceptors (Lipinski definition) is 6. The first-order valence-corrected chi connectivity index (χ1v) is 11.6. The van der Waals surface area contributed by atoms with Crippen LogP contribution in [-0.4, -0.2) is 65.6 Å². The smallest absolute Gasteiger partial charge is 0.139 e. The topological polar surface area (TPSA) is 44.3 Å². The summed E-state index contributed by atoms with van der Waals surface area (Å²) in [5.41, 5.74) is 2.47. The molecule has 1 saturated carbocycles. The van der Waals surface area contributed by atoms with Crippen LogP contribution in [0.3, 0.4) is 0 Å². The molecule has 1 saturated heterocycles. The van der Waals surface area contributed by atoms with Crippen LogP contribution in [0.5, 0.6) is 0 Å². The first-order chi connectivity index (χ1) is 14.2. The number of likely N-dealkylation sites (N-methyl/N-ethyl adjacent to an activating group) is 1. The van der Waals surface area contributed by atoms with Gasteiger partial charge in [-0.15, -0.1) is 11.3 Å². The molecule has 2 aromatic heterocycles. The maximum absolute atomic E-state index is 5.01. The van der Waals surface area contributed by atoms with Gasteiger partial charge in [0, 0.05) is 55.6 Å². The Morgan fingerprint density at radius 3 is 2.59 bits per heavy atom. The summed E-state index contributed by atoms with van der Waals surface area (Å²) in [6, 6.07) is 11.1. The van der Waals surface area contributed by atoms with Crippen LogP contribution in [0.2, 0.25) is 0 Å². The molecule has 5 nitrogen and oxygen atoms in total. The van der Waals surface area contributed by atoms with Crippen LogP contribution in [0, 0.1) is 0 Å². The van der Waals surface area contributed by atoms with Crippen molar-refractivity contribution in [3.63, 3.8) is 0 Å². The van der Waals surface area contributed by atoms with Crippen LogP contribution in [0.15, 0.2) is 35.7 Å². The Balaban J connectivity index is 1.44. The number of thiophene rings is 1. The fraction of sp³-hybridized carbons (Fsp3) is 0.478. The van der Waals surface area contributed by atoms with Gasteiger partial charge >= 0.3 is 0 Å². The van der Waals surface area contributed by atoms with E-state index in [0.717, 1.165) is 49.2 Å². The van der Waals surface area contributed by atoms with Gasteiger partial charge in [-0.2, -0.15) is 0 Å². The normalized spacial score (nSPS) is 19.5. The van der Waals surface area contributed by atoms with E-state index in [0.29, 0.717) is 12.0 Å². The van der Waals surface area contributed by atoms with E-state index in [-0.39, 0.29) is 0 Å². The standard InChI is InChI=1S/C23H29N5S/c1-16(28-12-10-27(2)11-13-28)14-24-22-20-19(17-6-4-3-5-7-17)15-29-23(20)26-21(25-22)18-8-9-18/h3-7,15-16,18H,8-14H2,1-2H3,(H,24,25,26). The molecule has 1 atom stereocenters. The molecule has 1 aliphatic carbocycles. The molecule has 2 aliphatic rings. The van der Waals surface area contributed by atoms with Crippen molar-refractivity contribution < 1.29 is 0 Å². The van der Waals surface area contributed by atoms with Gasteiger partial charge in [0.1, 0.15) is 16.5 Å². The van der Waals surface area contributed by atoms with Crippen molar-refractivity contribution in [2.24, 2.45) is 0 Å². The maximum atomic E-state index is 5.01. The Morgan fingerprint density at radius 2 is 1.86 bits per heavy atom. The van der Waals surface area contributed by atoms with Crippen molar-refractivity contribution in [3.05, 3.63) is 41.5 Å². The number of nitrogens with one attached hydrogen (secondary N) is 1. The minimum Gasteiger partial charge on any atom is -0.368 e. The molecule has 1 unspecified atom stereocenters. The SMILES string of the molecule is CC(CNc1nc(C2CC2)nc2scc(-c3ccccc3)c12)N1CCN(C)CC1. The molecule has 1 N–H and O–H groups in total. The Kier molecular flexibility index (Phi) is 5.24. The van der Waals surface area contributed by atoms with Crippen molar-refractivity contribution in [3.8, 4) is 11.1 Å². The average molecular weight is 408 g/mol. The molecule has 3 aromatic rings. The van der Waals surface area contributed by atoms with Gasteiger partial charge in [0.2, 0.25) is 0 Å². The van der Waals surface area contributed by atoms with Crippen LogP contribution in [0.4, 0.5) is 5.82 Å². The van der Waals surface area contributed by atoms with Crippen molar-refractivity contribution >= 4 is 27.4 Å². The predicted octanol–water partition coefficient (Wildman–Crippen LogP) is 4.28. The molecule has 6 heteroatoms. The first-order valence-electron chi connectivity index (χ1n) is 10.7. The van der Waals surface area contributed by atoms with Crippen molar-refractivity contribution in [2.75, 3.05) is 45.1 Å². The van der Waals surface area contributed by atoms with Crippen molar-refractivity contribution in [1.82, 2.24) is 19.8 Å². The van der Waals surface area contributed by atoms with E-state index in [4.69, 9.17) is 9.97 Å². The monoisotopic (exact) mass is 407 g/mol. The minimum atomic E-state index is 0.483. The van der Waals surface area contributed by atoms with Gasteiger partial charge in [0.05, 0.1) is 5.39 Å². The lowest BCUT2D eigenvalue weighted by Crippen LogP contribution is -2.49. The molecule has 0 amide bonds. The summed E-state index contributed by atoms with van der Waals surface area (Å²) < 4.78 is 0. The van der Waals surface area contributed by atoms with E-state index >= 15 is 0 Å². The lowest BCUT2D eigenvalue weighted by atomic mass is 10.1. The third-order valence-corrected chi connectivity index (χ3v) is 7.08. The number of aromatic nitrogens is 2.